The van der Waals surface area contributed by atoms with Crippen LogP contribution in [0.5, 0.6) is 0 Å². The van der Waals surface area contributed by atoms with Gasteiger partial charge in [-0.2, -0.15) is 0 Å². The molecular weight excluding hydrogens is 855 g/mol. The molecule has 0 saturated carbocycles. The Morgan fingerprint density at radius 1 is 0.560 bits per heavy atom. The van der Waals surface area contributed by atoms with Gasteiger partial charge in [0.15, 0.2) is 0 Å². The molecule has 0 fully saturated rings. The Labute approximate surface area is 210 Å². The summed E-state index contributed by atoms with van der Waals surface area (Å²) >= 11 is 26.6. The van der Waals surface area contributed by atoms with E-state index in [1.54, 1.807) is 12.1 Å². The summed E-state index contributed by atoms with van der Waals surface area (Å²) in [5.74, 6) is -1.61. The fourth-order valence-corrected chi connectivity index (χ4v) is 6.44. The van der Waals surface area contributed by atoms with Gasteiger partial charge in [-0.05, 0) is 140 Å². The fourth-order valence-electron chi connectivity index (χ4n) is 1.69. The molecule has 0 amide bonds. The molecule has 0 N–H and O–H groups in total. The second-order valence-electron chi connectivity index (χ2n) is 4.36. The second-order valence-corrected chi connectivity index (χ2v) is 11.0. The number of hydrogen-bond acceptors (Lipinski definition) is 3. The fraction of sp³-hybridized carbons (Fsp3) is 0. The number of esters is 2. The van der Waals surface area contributed by atoms with E-state index in [1.807, 2.05) is 0 Å². The number of halogens is 8. The van der Waals surface area contributed by atoms with Gasteiger partial charge in [0.05, 0.1) is 11.1 Å². The normalized spacial score (nSPS) is 10.7. The van der Waals surface area contributed by atoms with Crippen LogP contribution in [-0.4, -0.2) is 11.9 Å². The lowest BCUT2D eigenvalue weighted by atomic mass is 10.2. The highest BCUT2D eigenvalue weighted by atomic mass is 79.9. The Balaban J connectivity index is 2.46. The van der Waals surface area contributed by atoms with E-state index in [0.29, 0.717) is 35.8 Å². The van der Waals surface area contributed by atoms with E-state index in [1.165, 1.54) is 0 Å². The molecule has 3 nitrogen and oxygen atoms in total. The molecule has 0 aromatic heterocycles. The Bertz CT molecular complexity index is 784. The van der Waals surface area contributed by atoms with Gasteiger partial charge in [0.25, 0.3) is 0 Å². The molecule has 0 saturated heterocycles. The van der Waals surface area contributed by atoms with Gasteiger partial charge in [-0.1, -0.05) is 0 Å². The van der Waals surface area contributed by atoms with Crippen LogP contribution in [0.4, 0.5) is 0 Å². The van der Waals surface area contributed by atoms with Crippen LogP contribution in [0.3, 0.4) is 0 Å². The quantitative estimate of drug-likeness (QED) is 0.173. The van der Waals surface area contributed by atoms with Crippen molar-refractivity contribution in [3.8, 4) is 0 Å². The molecule has 0 radical (unpaired) electrons. The SMILES string of the molecule is O=C(OC(=O)c1c(Br)c(Br)cc(Br)c1Br)c1c(Br)c(Br)cc(Br)c1Br. The highest BCUT2D eigenvalue weighted by Gasteiger charge is 2.27. The summed E-state index contributed by atoms with van der Waals surface area (Å²) in [5, 5.41) is 0. The van der Waals surface area contributed by atoms with Crippen LogP contribution >= 0.6 is 127 Å². The summed E-state index contributed by atoms with van der Waals surface area (Å²) in [4.78, 5) is 25.1. The first-order valence-corrected chi connectivity index (χ1v) is 12.3. The van der Waals surface area contributed by atoms with Crippen molar-refractivity contribution in [3.05, 3.63) is 59.0 Å². The number of benzene rings is 2. The minimum atomic E-state index is -0.805. The molecule has 11 heteroatoms. The molecule has 0 atom stereocenters. The Morgan fingerprint density at radius 2 is 0.800 bits per heavy atom. The zero-order valence-electron chi connectivity index (χ0n) is 11.4. The lowest BCUT2D eigenvalue weighted by molar-refractivity contribution is 0.0395. The molecule has 2 aromatic rings. The third-order valence-corrected chi connectivity index (χ3v) is 10.7. The van der Waals surface area contributed by atoms with Crippen LogP contribution in [0.15, 0.2) is 47.9 Å². The van der Waals surface area contributed by atoms with E-state index < -0.39 is 11.9 Å². The van der Waals surface area contributed by atoms with Crippen molar-refractivity contribution in [3.63, 3.8) is 0 Å². The molecule has 132 valence electrons. The Hall–Kier alpha value is 1.42. The summed E-state index contributed by atoms with van der Waals surface area (Å²) in [6, 6.07) is 3.51. The summed E-state index contributed by atoms with van der Waals surface area (Å²) < 4.78 is 9.49. The van der Waals surface area contributed by atoms with Crippen LogP contribution in [-0.2, 0) is 4.74 Å². The van der Waals surface area contributed by atoms with Gasteiger partial charge in [0, 0.05) is 35.8 Å². The number of carbonyl (C=O) groups is 2. The first kappa shape index (κ1) is 22.7. The highest BCUT2D eigenvalue weighted by Crippen LogP contribution is 2.40. The van der Waals surface area contributed by atoms with Crippen molar-refractivity contribution < 1.29 is 14.3 Å². The monoisotopic (exact) mass is 849 g/mol. The average Bonchev–Trinajstić information content (AvgIpc) is 2.51. The highest BCUT2D eigenvalue weighted by molar-refractivity contribution is 9.14. The predicted molar refractivity (Wildman–Crippen MR) is 124 cm³/mol. The third kappa shape index (κ3) is 4.89. The van der Waals surface area contributed by atoms with Gasteiger partial charge in [0.1, 0.15) is 0 Å². The van der Waals surface area contributed by atoms with Crippen LogP contribution in [0.25, 0.3) is 0 Å². The van der Waals surface area contributed by atoms with Crippen molar-refractivity contribution >= 4 is 139 Å². The van der Waals surface area contributed by atoms with Crippen LogP contribution in [0.2, 0.25) is 0 Å². The second kappa shape index (κ2) is 9.28. The number of rotatable bonds is 2. The first-order chi connectivity index (χ1) is 11.6. The Morgan fingerprint density at radius 3 is 1.04 bits per heavy atom. The number of ether oxygens (including phenoxy) is 1. The van der Waals surface area contributed by atoms with Gasteiger partial charge >= 0.3 is 11.9 Å². The minimum absolute atomic E-state index is 0.177. The standard InChI is InChI=1S/C14H2Br8O3/c15-3-1-4(16)10(20)7(9(3)19)13(23)25-14(24)8-11(21)5(17)2-6(18)12(8)22/h1-2H. The van der Waals surface area contributed by atoms with E-state index in [-0.39, 0.29) is 11.1 Å². The van der Waals surface area contributed by atoms with E-state index in [9.17, 15) is 9.59 Å². The molecule has 0 aliphatic heterocycles. The largest absolute Gasteiger partial charge is 0.386 e. The summed E-state index contributed by atoms with van der Waals surface area (Å²) in [5.41, 5.74) is 0.354. The van der Waals surface area contributed by atoms with Crippen molar-refractivity contribution in [1.82, 2.24) is 0 Å². The molecule has 0 aliphatic carbocycles. The smallest absolute Gasteiger partial charge is 0.348 e. The van der Waals surface area contributed by atoms with Crippen molar-refractivity contribution in [2.45, 2.75) is 0 Å². The van der Waals surface area contributed by atoms with E-state index in [4.69, 9.17) is 4.74 Å². The molecule has 25 heavy (non-hydrogen) atoms. The van der Waals surface area contributed by atoms with E-state index in [2.05, 4.69) is 127 Å². The van der Waals surface area contributed by atoms with Crippen molar-refractivity contribution in [2.75, 3.05) is 0 Å². The lowest BCUT2D eigenvalue weighted by Crippen LogP contribution is -2.15. The molecule has 2 aromatic carbocycles. The van der Waals surface area contributed by atoms with Gasteiger partial charge in [-0.3, -0.25) is 0 Å². The average molecular weight is 857 g/mol. The Kier molecular flexibility index (Phi) is 8.43. The van der Waals surface area contributed by atoms with Crippen LogP contribution in [0.1, 0.15) is 20.7 Å². The lowest BCUT2D eigenvalue weighted by Gasteiger charge is -2.12. The molecule has 2 rings (SSSR count). The van der Waals surface area contributed by atoms with Crippen LogP contribution < -0.4 is 0 Å². The maximum atomic E-state index is 12.6. The molecule has 0 bridgehead atoms. The predicted octanol–water partition coefficient (Wildman–Crippen LogP) is 8.78. The molecule has 0 heterocycles. The van der Waals surface area contributed by atoms with E-state index in [0.717, 1.165) is 0 Å². The summed E-state index contributed by atoms with van der Waals surface area (Å²) in [6.45, 7) is 0. The van der Waals surface area contributed by atoms with Gasteiger partial charge < -0.3 is 4.74 Å². The van der Waals surface area contributed by atoms with Gasteiger partial charge in [0.2, 0.25) is 0 Å². The summed E-state index contributed by atoms with van der Waals surface area (Å²) in [6.07, 6.45) is 0. The zero-order valence-corrected chi connectivity index (χ0v) is 24.1. The topological polar surface area (TPSA) is 43.4 Å². The maximum absolute atomic E-state index is 12.6. The number of hydrogen-bond donors (Lipinski definition) is 0. The van der Waals surface area contributed by atoms with Crippen LogP contribution in [0, 0.1) is 0 Å². The van der Waals surface area contributed by atoms with Crippen molar-refractivity contribution in [2.24, 2.45) is 0 Å². The number of carbonyl (C=O) groups excluding carboxylic acids is 2. The van der Waals surface area contributed by atoms with Gasteiger partial charge in [-0.15, -0.1) is 0 Å². The molecule has 0 unspecified atom stereocenters. The minimum Gasteiger partial charge on any atom is -0.386 e. The first-order valence-electron chi connectivity index (χ1n) is 5.98. The molecule has 0 spiro atoms. The molecule has 0 aliphatic rings. The van der Waals surface area contributed by atoms with Crippen molar-refractivity contribution in [1.29, 1.82) is 0 Å². The zero-order chi connectivity index (χ0) is 19.0. The van der Waals surface area contributed by atoms with Gasteiger partial charge in [-0.25, -0.2) is 9.59 Å². The maximum Gasteiger partial charge on any atom is 0.348 e. The third-order valence-electron chi connectivity index (χ3n) is 2.82. The summed E-state index contributed by atoms with van der Waals surface area (Å²) in [7, 11) is 0. The molecular formula is C14H2Br8O3. The van der Waals surface area contributed by atoms with E-state index >= 15 is 0 Å².